The molecule has 6 rings (SSSR count). The molecular weight excluding hydrogens is 392 g/mol. The smallest absolute Gasteiger partial charge is 0.408 e. The van der Waals surface area contributed by atoms with E-state index in [4.69, 9.17) is 4.74 Å². The number of amides is 1. The summed E-state index contributed by atoms with van der Waals surface area (Å²) in [4.78, 5) is 27.9. The first kappa shape index (κ1) is 20.4. The number of hydrogen-bond donors (Lipinski definition) is 3. The molecule has 4 bridgehead atoms. The Morgan fingerprint density at radius 3 is 2.39 bits per heavy atom. The molecule has 166 valence electrons. The van der Waals surface area contributed by atoms with Gasteiger partial charge in [0.05, 0.1) is 0 Å². The first-order chi connectivity index (χ1) is 14.7. The number of nitrogens with one attached hydrogen (secondary N) is 2. The van der Waals surface area contributed by atoms with Crippen molar-refractivity contribution in [2.24, 2.45) is 23.2 Å². The summed E-state index contributed by atoms with van der Waals surface area (Å²) in [6.07, 6.45) is 8.73. The number of ether oxygens (including phenoxy) is 1. The molecule has 1 heterocycles. The lowest BCUT2D eigenvalue weighted by Gasteiger charge is -2.61. The van der Waals surface area contributed by atoms with E-state index < -0.39 is 23.7 Å². The molecule has 0 aliphatic heterocycles. The molecular formula is C25H32N2O4. The van der Waals surface area contributed by atoms with Crippen LogP contribution < -0.4 is 5.32 Å². The molecule has 0 spiro atoms. The lowest BCUT2D eigenvalue weighted by molar-refractivity contribution is -0.163. The van der Waals surface area contributed by atoms with Gasteiger partial charge in [0, 0.05) is 28.9 Å². The Hall–Kier alpha value is -2.50. The minimum Gasteiger partial charge on any atom is -0.480 e. The third-order valence-electron chi connectivity index (χ3n) is 8.35. The normalized spacial score (nSPS) is 30.3. The molecule has 4 fully saturated rings. The molecule has 1 atom stereocenters. The van der Waals surface area contributed by atoms with Crippen molar-refractivity contribution >= 4 is 23.0 Å². The molecule has 0 unspecified atom stereocenters. The number of alkyl carbamates (subject to hydrolysis) is 1. The molecule has 1 aromatic heterocycles. The van der Waals surface area contributed by atoms with Gasteiger partial charge in [-0.25, -0.2) is 9.59 Å². The number of carboxylic acid groups (broad SMARTS) is 1. The Morgan fingerprint density at radius 2 is 1.77 bits per heavy atom. The number of aliphatic carboxylic acids is 1. The van der Waals surface area contributed by atoms with Crippen LogP contribution in [0.4, 0.5) is 4.79 Å². The summed E-state index contributed by atoms with van der Waals surface area (Å²) in [5, 5.41) is 13.3. The fourth-order valence-corrected chi connectivity index (χ4v) is 7.08. The lowest BCUT2D eigenvalue weighted by Crippen LogP contribution is -2.58. The molecule has 4 aliphatic rings. The summed E-state index contributed by atoms with van der Waals surface area (Å²) in [5.41, 5.74) is 1.22. The van der Waals surface area contributed by atoms with Crippen molar-refractivity contribution in [3.63, 3.8) is 0 Å². The second-order valence-corrected chi connectivity index (χ2v) is 10.7. The van der Waals surface area contributed by atoms with Crippen LogP contribution in [0.5, 0.6) is 0 Å². The van der Waals surface area contributed by atoms with E-state index >= 15 is 0 Å². The monoisotopic (exact) mass is 424 g/mol. The molecule has 0 radical (unpaired) electrons. The van der Waals surface area contributed by atoms with Crippen LogP contribution in [0.2, 0.25) is 0 Å². The first-order valence-corrected chi connectivity index (χ1v) is 11.5. The molecule has 4 aliphatic carbocycles. The summed E-state index contributed by atoms with van der Waals surface area (Å²) in [6, 6.07) is 6.71. The lowest BCUT2D eigenvalue weighted by atomic mass is 9.46. The Labute approximate surface area is 182 Å². The molecule has 4 saturated carbocycles. The third-order valence-corrected chi connectivity index (χ3v) is 8.35. The highest BCUT2D eigenvalue weighted by atomic mass is 16.6. The van der Waals surface area contributed by atoms with Gasteiger partial charge >= 0.3 is 12.1 Å². The number of carboxylic acids is 1. The van der Waals surface area contributed by atoms with Crippen molar-refractivity contribution in [1.29, 1.82) is 0 Å². The molecule has 1 aromatic carbocycles. The van der Waals surface area contributed by atoms with Crippen molar-refractivity contribution in [3.8, 4) is 0 Å². The molecule has 31 heavy (non-hydrogen) atoms. The van der Waals surface area contributed by atoms with E-state index in [9.17, 15) is 14.7 Å². The number of hydrogen-bond acceptors (Lipinski definition) is 3. The fourth-order valence-electron chi connectivity index (χ4n) is 7.08. The second-order valence-electron chi connectivity index (χ2n) is 10.7. The van der Waals surface area contributed by atoms with Gasteiger partial charge in [0.2, 0.25) is 0 Å². The number of para-hydroxylation sites is 1. The van der Waals surface area contributed by atoms with Gasteiger partial charge in [-0.2, -0.15) is 0 Å². The van der Waals surface area contributed by atoms with Crippen molar-refractivity contribution in [2.75, 3.05) is 0 Å². The Bertz CT molecular complexity index is 973. The summed E-state index contributed by atoms with van der Waals surface area (Å²) in [7, 11) is 0. The summed E-state index contributed by atoms with van der Waals surface area (Å²) in [5.74, 6) is 1.21. The molecule has 2 aromatic rings. The number of carbonyl (C=O) groups is 2. The van der Waals surface area contributed by atoms with Crippen molar-refractivity contribution in [1.82, 2.24) is 10.3 Å². The SMILES string of the molecule is CC(C)(OC(=O)N[C@@H](Cc1c[nH]c2ccccc12)C(=O)O)C12CC3CC(CC(C3)C1)C2. The number of aromatic nitrogens is 1. The number of carbonyl (C=O) groups excluding carboxylic acids is 1. The van der Waals surface area contributed by atoms with Crippen LogP contribution in [0, 0.1) is 23.2 Å². The average molecular weight is 425 g/mol. The number of H-pyrrole nitrogens is 1. The van der Waals surface area contributed by atoms with Crippen LogP contribution in [0.3, 0.4) is 0 Å². The van der Waals surface area contributed by atoms with Crippen LogP contribution in [0.1, 0.15) is 57.9 Å². The summed E-state index contributed by atoms with van der Waals surface area (Å²) < 4.78 is 5.99. The second kappa shape index (κ2) is 7.28. The highest BCUT2D eigenvalue weighted by molar-refractivity contribution is 5.85. The van der Waals surface area contributed by atoms with E-state index in [0.717, 1.165) is 53.5 Å². The van der Waals surface area contributed by atoms with Crippen LogP contribution in [-0.4, -0.2) is 33.8 Å². The standard InChI is InChI=1S/C25H32N2O4/c1-24(2,25-11-15-7-16(12-25)9-17(8-15)13-25)31-23(30)27-21(22(28)29)10-18-14-26-20-6-4-3-5-19(18)20/h3-6,14-17,21,26H,7-13H2,1-2H3,(H,27,30)(H,28,29)/t15?,16?,17?,21-,25?/m0/s1. The van der Waals surface area contributed by atoms with Gasteiger partial charge in [0.1, 0.15) is 11.6 Å². The number of benzene rings is 1. The predicted molar refractivity (Wildman–Crippen MR) is 118 cm³/mol. The zero-order valence-electron chi connectivity index (χ0n) is 18.3. The molecule has 6 nitrogen and oxygen atoms in total. The van der Waals surface area contributed by atoms with E-state index in [-0.39, 0.29) is 11.8 Å². The van der Waals surface area contributed by atoms with Gasteiger partial charge in [-0.05, 0) is 81.8 Å². The topological polar surface area (TPSA) is 91.4 Å². The van der Waals surface area contributed by atoms with Crippen LogP contribution in [0.15, 0.2) is 30.5 Å². The highest BCUT2D eigenvalue weighted by Gasteiger charge is 2.58. The van der Waals surface area contributed by atoms with E-state index in [1.807, 2.05) is 44.3 Å². The molecule has 1 amide bonds. The Morgan fingerprint density at radius 1 is 1.16 bits per heavy atom. The maximum absolute atomic E-state index is 12.9. The fraction of sp³-hybridized carbons (Fsp3) is 0.600. The van der Waals surface area contributed by atoms with Crippen molar-refractivity contribution < 1.29 is 19.4 Å². The largest absolute Gasteiger partial charge is 0.480 e. The van der Waals surface area contributed by atoms with Gasteiger partial charge < -0.3 is 20.1 Å². The number of fused-ring (bicyclic) bond motifs is 1. The molecule has 3 N–H and O–H groups in total. The van der Waals surface area contributed by atoms with E-state index in [0.29, 0.717) is 0 Å². The Balaban J connectivity index is 1.28. The van der Waals surface area contributed by atoms with E-state index in [1.54, 1.807) is 0 Å². The van der Waals surface area contributed by atoms with E-state index in [1.165, 1.54) is 19.3 Å². The quantitative estimate of drug-likeness (QED) is 0.616. The minimum atomic E-state index is -1.06. The van der Waals surface area contributed by atoms with E-state index in [2.05, 4.69) is 10.3 Å². The Kier molecular flexibility index (Phi) is 4.79. The third kappa shape index (κ3) is 3.60. The number of rotatable bonds is 6. The number of aromatic amines is 1. The van der Waals surface area contributed by atoms with Gasteiger partial charge in [-0.3, -0.25) is 0 Å². The zero-order chi connectivity index (χ0) is 21.8. The van der Waals surface area contributed by atoms with Crippen LogP contribution in [-0.2, 0) is 16.0 Å². The average Bonchev–Trinajstić information content (AvgIpc) is 3.09. The maximum Gasteiger partial charge on any atom is 0.408 e. The summed E-state index contributed by atoms with van der Waals surface area (Å²) >= 11 is 0. The van der Waals surface area contributed by atoms with Gasteiger partial charge in [0.25, 0.3) is 0 Å². The minimum absolute atomic E-state index is 0.0225. The molecule has 0 saturated heterocycles. The van der Waals surface area contributed by atoms with Crippen LogP contribution in [0.25, 0.3) is 10.9 Å². The highest BCUT2D eigenvalue weighted by Crippen LogP contribution is 2.64. The van der Waals surface area contributed by atoms with Crippen LogP contribution >= 0.6 is 0 Å². The van der Waals surface area contributed by atoms with Crippen molar-refractivity contribution in [2.45, 2.75) is 70.4 Å². The zero-order valence-corrected chi connectivity index (χ0v) is 18.3. The van der Waals surface area contributed by atoms with Gasteiger partial charge in [-0.15, -0.1) is 0 Å². The van der Waals surface area contributed by atoms with Crippen molar-refractivity contribution in [3.05, 3.63) is 36.0 Å². The first-order valence-electron chi connectivity index (χ1n) is 11.5. The van der Waals surface area contributed by atoms with Gasteiger partial charge in [-0.1, -0.05) is 18.2 Å². The maximum atomic E-state index is 12.9. The van der Waals surface area contributed by atoms with Gasteiger partial charge in [0.15, 0.2) is 0 Å². The predicted octanol–water partition coefficient (Wildman–Crippen LogP) is 4.88. The molecule has 6 heteroatoms. The summed E-state index contributed by atoms with van der Waals surface area (Å²) in [6.45, 7) is 4.05.